The van der Waals surface area contributed by atoms with E-state index in [2.05, 4.69) is 6.58 Å². The molecule has 1 aromatic rings. The van der Waals surface area contributed by atoms with Crippen molar-refractivity contribution in [2.75, 3.05) is 0 Å². The van der Waals surface area contributed by atoms with E-state index in [1.54, 1.807) is 6.07 Å². The summed E-state index contributed by atoms with van der Waals surface area (Å²) in [6, 6.07) is 5.43. The van der Waals surface area contributed by atoms with Gasteiger partial charge in [-0.05, 0) is 30.0 Å². The van der Waals surface area contributed by atoms with Crippen molar-refractivity contribution in [3.63, 3.8) is 0 Å². The second-order valence-corrected chi connectivity index (χ2v) is 5.11. The zero-order chi connectivity index (χ0) is 13.2. The molecule has 0 aliphatic heterocycles. The molecule has 1 N–H and O–H groups in total. The van der Waals surface area contributed by atoms with Gasteiger partial charge in [0.15, 0.2) is 0 Å². The molecule has 0 amide bonds. The Labute approximate surface area is 102 Å². The molecule has 3 heteroatoms. The second-order valence-electron chi connectivity index (χ2n) is 5.11. The normalized spacial score (nSPS) is 11.1. The van der Waals surface area contributed by atoms with Gasteiger partial charge in [-0.25, -0.2) is 4.79 Å². The summed E-state index contributed by atoms with van der Waals surface area (Å²) in [5.74, 6) is 0.384. The molecule has 0 bridgehead atoms. The molecule has 0 aliphatic carbocycles. The third-order valence-electron chi connectivity index (χ3n) is 2.48. The fourth-order valence-electron chi connectivity index (χ4n) is 1.56. The van der Waals surface area contributed by atoms with E-state index in [1.165, 1.54) is 0 Å². The van der Waals surface area contributed by atoms with Crippen LogP contribution in [0.2, 0.25) is 0 Å². The second kappa shape index (κ2) is 4.62. The molecule has 17 heavy (non-hydrogen) atoms. The van der Waals surface area contributed by atoms with E-state index in [0.717, 1.165) is 16.7 Å². The van der Waals surface area contributed by atoms with E-state index >= 15 is 0 Å². The number of benzene rings is 1. The standard InChI is InChI=1S/C14H18O3/c1-9(2)10-6-7-12(17-13(15)16)11(8-10)14(3,4)5/h6-8H,1H2,2-5H3,(H,15,16). The third-order valence-corrected chi connectivity index (χ3v) is 2.48. The molecule has 0 saturated heterocycles. The van der Waals surface area contributed by atoms with Crippen LogP contribution in [0.25, 0.3) is 5.57 Å². The van der Waals surface area contributed by atoms with Crippen LogP contribution in [0, 0.1) is 0 Å². The number of carboxylic acid groups (broad SMARTS) is 1. The van der Waals surface area contributed by atoms with Gasteiger partial charge in [-0.2, -0.15) is 0 Å². The molecule has 0 aliphatic rings. The van der Waals surface area contributed by atoms with E-state index in [-0.39, 0.29) is 5.41 Å². The first-order valence-electron chi connectivity index (χ1n) is 5.43. The molecule has 0 radical (unpaired) electrons. The molecular formula is C14H18O3. The highest BCUT2D eigenvalue weighted by Gasteiger charge is 2.21. The summed E-state index contributed by atoms with van der Waals surface area (Å²) in [5.41, 5.74) is 2.61. The Morgan fingerprint density at radius 3 is 2.35 bits per heavy atom. The SMILES string of the molecule is C=C(C)c1ccc(OC(=O)O)c(C(C)(C)C)c1. The van der Waals surface area contributed by atoms with Gasteiger partial charge in [-0.3, -0.25) is 0 Å². The summed E-state index contributed by atoms with van der Waals surface area (Å²) >= 11 is 0. The van der Waals surface area contributed by atoms with Crippen LogP contribution in [0.15, 0.2) is 24.8 Å². The van der Waals surface area contributed by atoms with Gasteiger partial charge < -0.3 is 9.84 Å². The molecule has 1 aromatic carbocycles. The average Bonchev–Trinajstić information content (AvgIpc) is 2.15. The minimum atomic E-state index is -1.29. The molecule has 92 valence electrons. The number of carbonyl (C=O) groups is 1. The predicted octanol–water partition coefficient (Wildman–Crippen LogP) is 4.07. The van der Waals surface area contributed by atoms with Crippen molar-refractivity contribution >= 4 is 11.7 Å². The van der Waals surface area contributed by atoms with Gasteiger partial charge in [-0.15, -0.1) is 0 Å². The van der Waals surface area contributed by atoms with Crippen LogP contribution in [0.3, 0.4) is 0 Å². The highest BCUT2D eigenvalue weighted by Crippen LogP contribution is 2.33. The fourth-order valence-corrected chi connectivity index (χ4v) is 1.56. The van der Waals surface area contributed by atoms with Gasteiger partial charge in [0, 0.05) is 5.56 Å². The summed E-state index contributed by atoms with van der Waals surface area (Å²) in [6.45, 7) is 11.8. The number of hydrogen-bond acceptors (Lipinski definition) is 2. The number of rotatable bonds is 2. The molecule has 0 unspecified atom stereocenters. The van der Waals surface area contributed by atoms with E-state index in [1.807, 2.05) is 39.8 Å². The summed E-state index contributed by atoms with van der Waals surface area (Å²) in [4.78, 5) is 10.6. The molecule has 1 rings (SSSR count). The number of ether oxygens (including phenoxy) is 1. The van der Waals surface area contributed by atoms with Gasteiger partial charge in [-0.1, -0.05) is 39.0 Å². The van der Waals surface area contributed by atoms with Crippen LogP contribution in [-0.2, 0) is 5.41 Å². The highest BCUT2D eigenvalue weighted by molar-refractivity contribution is 5.67. The first kappa shape index (κ1) is 13.3. The van der Waals surface area contributed by atoms with Crippen molar-refractivity contribution in [3.8, 4) is 5.75 Å². The van der Waals surface area contributed by atoms with Crippen molar-refractivity contribution < 1.29 is 14.6 Å². The first-order valence-corrected chi connectivity index (χ1v) is 5.43. The Balaban J connectivity index is 3.31. The van der Waals surface area contributed by atoms with Crippen molar-refractivity contribution in [1.82, 2.24) is 0 Å². The lowest BCUT2D eigenvalue weighted by atomic mass is 9.85. The zero-order valence-corrected chi connectivity index (χ0v) is 10.7. The topological polar surface area (TPSA) is 46.5 Å². The van der Waals surface area contributed by atoms with Gasteiger partial charge in [0.25, 0.3) is 0 Å². The van der Waals surface area contributed by atoms with Crippen molar-refractivity contribution in [2.45, 2.75) is 33.1 Å². The molecule has 0 heterocycles. The van der Waals surface area contributed by atoms with E-state index in [0.29, 0.717) is 5.75 Å². The Morgan fingerprint density at radius 2 is 1.94 bits per heavy atom. The minimum Gasteiger partial charge on any atom is -0.449 e. The molecule has 0 spiro atoms. The van der Waals surface area contributed by atoms with Crippen molar-refractivity contribution in [2.24, 2.45) is 0 Å². The van der Waals surface area contributed by atoms with Crippen LogP contribution >= 0.6 is 0 Å². The van der Waals surface area contributed by atoms with Crippen LogP contribution in [-0.4, -0.2) is 11.3 Å². The number of allylic oxidation sites excluding steroid dienone is 1. The molecule has 0 fully saturated rings. The predicted molar refractivity (Wildman–Crippen MR) is 68.5 cm³/mol. The molecule has 0 aromatic heterocycles. The maximum atomic E-state index is 10.6. The summed E-state index contributed by atoms with van der Waals surface area (Å²) in [7, 11) is 0. The number of hydrogen-bond donors (Lipinski definition) is 1. The quantitative estimate of drug-likeness (QED) is 0.619. The van der Waals surface area contributed by atoms with Gasteiger partial charge in [0.1, 0.15) is 5.75 Å². The van der Waals surface area contributed by atoms with Crippen LogP contribution in [0.5, 0.6) is 5.75 Å². The maximum Gasteiger partial charge on any atom is 0.511 e. The molecule has 0 atom stereocenters. The Morgan fingerprint density at radius 1 is 1.35 bits per heavy atom. The largest absolute Gasteiger partial charge is 0.511 e. The first-order chi connectivity index (χ1) is 7.71. The summed E-state index contributed by atoms with van der Waals surface area (Å²) in [6.07, 6.45) is -1.29. The van der Waals surface area contributed by atoms with Crippen LogP contribution in [0.1, 0.15) is 38.8 Å². The highest BCUT2D eigenvalue weighted by atomic mass is 16.7. The van der Waals surface area contributed by atoms with E-state index in [9.17, 15) is 4.79 Å². The third kappa shape index (κ3) is 3.34. The van der Waals surface area contributed by atoms with E-state index < -0.39 is 6.16 Å². The fraction of sp³-hybridized carbons (Fsp3) is 0.357. The lowest BCUT2D eigenvalue weighted by molar-refractivity contribution is 0.143. The molecule has 0 saturated carbocycles. The van der Waals surface area contributed by atoms with E-state index in [4.69, 9.17) is 9.84 Å². The summed E-state index contributed by atoms with van der Waals surface area (Å²) < 4.78 is 4.79. The average molecular weight is 234 g/mol. The van der Waals surface area contributed by atoms with Crippen LogP contribution in [0.4, 0.5) is 4.79 Å². The van der Waals surface area contributed by atoms with Crippen molar-refractivity contribution in [3.05, 3.63) is 35.9 Å². The monoisotopic (exact) mass is 234 g/mol. The Bertz CT molecular complexity index is 453. The van der Waals surface area contributed by atoms with Crippen LogP contribution < -0.4 is 4.74 Å². The van der Waals surface area contributed by atoms with Crippen molar-refractivity contribution in [1.29, 1.82) is 0 Å². The zero-order valence-electron chi connectivity index (χ0n) is 10.7. The Kier molecular flexibility index (Phi) is 3.61. The minimum absolute atomic E-state index is 0.184. The molecule has 3 nitrogen and oxygen atoms in total. The Hall–Kier alpha value is -1.77. The lowest BCUT2D eigenvalue weighted by Crippen LogP contribution is -2.15. The lowest BCUT2D eigenvalue weighted by Gasteiger charge is -2.22. The van der Waals surface area contributed by atoms with Gasteiger partial charge in [0.2, 0.25) is 0 Å². The van der Waals surface area contributed by atoms with Gasteiger partial charge in [0.05, 0.1) is 0 Å². The van der Waals surface area contributed by atoms with Gasteiger partial charge >= 0.3 is 6.16 Å². The summed E-state index contributed by atoms with van der Waals surface area (Å²) in [5, 5.41) is 8.70. The maximum absolute atomic E-state index is 10.6. The smallest absolute Gasteiger partial charge is 0.449 e. The molecular weight excluding hydrogens is 216 g/mol.